The number of nitrogens with zero attached hydrogens (tertiary/aromatic N) is 1. The van der Waals surface area contributed by atoms with Crippen molar-refractivity contribution in [3.63, 3.8) is 0 Å². The molecule has 0 aromatic rings. The number of morpholine rings is 1. The van der Waals surface area contributed by atoms with Crippen LogP contribution >= 0.6 is 11.6 Å². The Hall–Kier alpha value is -0.880. The normalized spacial score (nSPS) is 37.2. The van der Waals surface area contributed by atoms with Crippen LogP contribution in [0.3, 0.4) is 0 Å². The molecule has 2 aliphatic carbocycles. The molecule has 1 saturated heterocycles. The maximum atomic E-state index is 12.5. The summed E-state index contributed by atoms with van der Waals surface area (Å²) in [4.78, 5) is 14.8. The highest BCUT2D eigenvalue weighted by Gasteiger charge is 2.31. The average Bonchev–Trinajstić information content (AvgIpc) is 2.54. The predicted molar refractivity (Wildman–Crippen MR) is 100 cm³/mol. The van der Waals surface area contributed by atoms with Crippen molar-refractivity contribution in [2.45, 2.75) is 70.2 Å². The number of rotatable bonds is 3. The second kappa shape index (κ2) is 8.21. The lowest BCUT2D eigenvalue weighted by Crippen LogP contribution is -2.50. The van der Waals surface area contributed by atoms with Crippen molar-refractivity contribution in [1.29, 1.82) is 0 Å². The van der Waals surface area contributed by atoms with Crippen molar-refractivity contribution in [3.05, 3.63) is 22.9 Å². The molecule has 0 radical (unpaired) electrons. The SMILES string of the molecule is CC1CN(C2CC=C(NC(=O)C3CCC(N)CC3)C=C2Cl)CC(C)O1. The lowest BCUT2D eigenvalue weighted by atomic mass is 9.86. The van der Waals surface area contributed by atoms with E-state index in [1.807, 2.05) is 6.08 Å². The Morgan fingerprint density at radius 3 is 2.48 bits per heavy atom. The fraction of sp³-hybridized carbons (Fsp3) is 0.737. The van der Waals surface area contributed by atoms with Crippen LogP contribution in [-0.2, 0) is 9.53 Å². The Morgan fingerprint density at radius 1 is 1.24 bits per heavy atom. The molecule has 0 aromatic carbocycles. The molecule has 25 heavy (non-hydrogen) atoms. The molecule has 0 bridgehead atoms. The van der Waals surface area contributed by atoms with Crippen molar-refractivity contribution in [2.75, 3.05) is 13.1 Å². The molecule has 3 rings (SSSR count). The molecule has 0 aromatic heterocycles. The summed E-state index contributed by atoms with van der Waals surface area (Å²) in [5.74, 6) is 0.178. The summed E-state index contributed by atoms with van der Waals surface area (Å²) in [7, 11) is 0. The first-order valence-electron chi connectivity index (χ1n) is 9.45. The van der Waals surface area contributed by atoms with Crippen LogP contribution in [0.15, 0.2) is 22.9 Å². The lowest BCUT2D eigenvalue weighted by molar-refractivity contribution is -0.125. The van der Waals surface area contributed by atoms with Crippen LogP contribution in [0, 0.1) is 5.92 Å². The van der Waals surface area contributed by atoms with Gasteiger partial charge in [-0.05, 0) is 52.0 Å². The van der Waals surface area contributed by atoms with Crippen LogP contribution in [0.25, 0.3) is 0 Å². The second-order valence-electron chi connectivity index (χ2n) is 7.75. The number of amides is 1. The third-order valence-electron chi connectivity index (χ3n) is 5.47. The largest absolute Gasteiger partial charge is 0.373 e. The van der Waals surface area contributed by atoms with Crippen molar-refractivity contribution in [1.82, 2.24) is 10.2 Å². The summed E-state index contributed by atoms with van der Waals surface area (Å²) in [5.41, 5.74) is 6.75. The highest BCUT2D eigenvalue weighted by atomic mass is 35.5. The zero-order valence-electron chi connectivity index (χ0n) is 15.2. The topological polar surface area (TPSA) is 67.6 Å². The molecule has 0 spiro atoms. The number of hydrogen-bond acceptors (Lipinski definition) is 4. The van der Waals surface area contributed by atoms with Crippen molar-refractivity contribution in [3.8, 4) is 0 Å². The summed E-state index contributed by atoms with van der Waals surface area (Å²) in [5, 5.41) is 3.85. The van der Waals surface area contributed by atoms with E-state index < -0.39 is 0 Å². The van der Waals surface area contributed by atoms with E-state index in [0.717, 1.165) is 55.9 Å². The van der Waals surface area contributed by atoms with Crippen LogP contribution in [0.1, 0.15) is 46.0 Å². The number of nitrogens with one attached hydrogen (secondary N) is 1. The summed E-state index contributed by atoms with van der Waals surface area (Å²) in [6, 6.07) is 0.440. The molecule has 3 atom stereocenters. The summed E-state index contributed by atoms with van der Waals surface area (Å²) in [6.45, 7) is 5.97. The molecule has 140 valence electrons. The first-order chi connectivity index (χ1) is 11.9. The average molecular weight is 368 g/mol. The van der Waals surface area contributed by atoms with E-state index in [0.29, 0.717) is 0 Å². The van der Waals surface area contributed by atoms with Crippen LogP contribution < -0.4 is 11.1 Å². The minimum atomic E-state index is 0.0755. The number of hydrogen-bond donors (Lipinski definition) is 2. The van der Waals surface area contributed by atoms with Crippen LogP contribution in [0.5, 0.6) is 0 Å². The molecular formula is C19H30ClN3O2. The van der Waals surface area contributed by atoms with Gasteiger partial charge in [0.15, 0.2) is 0 Å². The van der Waals surface area contributed by atoms with Gasteiger partial charge in [-0.15, -0.1) is 0 Å². The number of carbonyl (C=O) groups excluding carboxylic acids is 1. The summed E-state index contributed by atoms with van der Waals surface area (Å²) < 4.78 is 5.81. The van der Waals surface area contributed by atoms with Gasteiger partial charge in [-0.25, -0.2) is 0 Å². The van der Waals surface area contributed by atoms with Gasteiger partial charge in [-0.2, -0.15) is 0 Å². The molecule has 5 nitrogen and oxygen atoms in total. The number of ether oxygens (including phenoxy) is 1. The smallest absolute Gasteiger partial charge is 0.227 e. The van der Waals surface area contributed by atoms with E-state index in [4.69, 9.17) is 22.1 Å². The maximum Gasteiger partial charge on any atom is 0.227 e. The first-order valence-corrected chi connectivity index (χ1v) is 9.83. The number of carbonyl (C=O) groups is 1. The van der Waals surface area contributed by atoms with Gasteiger partial charge < -0.3 is 15.8 Å². The standard InChI is InChI=1S/C19H30ClN3O2/c1-12-10-23(11-13(2)25-12)18-8-7-16(9-17(18)20)22-19(24)14-3-5-15(21)6-4-14/h7,9,12-15,18H,3-6,8,10-11,21H2,1-2H3,(H,22,24). The van der Waals surface area contributed by atoms with Gasteiger partial charge >= 0.3 is 0 Å². The molecule has 2 fully saturated rings. The second-order valence-corrected chi connectivity index (χ2v) is 8.19. The molecule has 6 heteroatoms. The van der Waals surface area contributed by atoms with E-state index >= 15 is 0 Å². The fourth-order valence-electron chi connectivity index (χ4n) is 4.16. The highest BCUT2D eigenvalue weighted by molar-refractivity contribution is 6.30. The quantitative estimate of drug-likeness (QED) is 0.804. The molecule has 1 heterocycles. The summed E-state index contributed by atoms with van der Waals surface area (Å²) in [6.07, 6.45) is 8.88. The molecular weight excluding hydrogens is 338 g/mol. The molecule has 3 N–H and O–H groups in total. The Labute approximate surface area is 155 Å². The van der Waals surface area contributed by atoms with E-state index in [1.54, 1.807) is 0 Å². The van der Waals surface area contributed by atoms with Crippen molar-refractivity contribution in [2.24, 2.45) is 11.7 Å². The van der Waals surface area contributed by atoms with Crippen LogP contribution in [0.2, 0.25) is 0 Å². The number of allylic oxidation sites excluding steroid dienone is 1. The van der Waals surface area contributed by atoms with Crippen molar-refractivity contribution < 1.29 is 9.53 Å². The maximum absolute atomic E-state index is 12.5. The van der Waals surface area contributed by atoms with Crippen molar-refractivity contribution >= 4 is 17.5 Å². The van der Waals surface area contributed by atoms with E-state index in [-0.39, 0.29) is 36.1 Å². The number of halogens is 1. The molecule has 1 amide bonds. The van der Waals surface area contributed by atoms with Gasteiger partial charge in [0.25, 0.3) is 0 Å². The first kappa shape index (κ1) is 18.9. The van der Waals surface area contributed by atoms with Crippen LogP contribution in [-0.4, -0.2) is 48.2 Å². The predicted octanol–water partition coefficient (Wildman–Crippen LogP) is 2.51. The Morgan fingerprint density at radius 2 is 1.88 bits per heavy atom. The molecule has 1 saturated carbocycles. The lowest BCUT2D eigenvalue weighted by Gasteiger charge is -2.40. The van der Waals surface area contributed by atoms with Gasteiger partial charge in [0.05, 0.1) is 12.2 Å². The van der Waals surface area contributed by atoms with Gasteiger partial charge in [0, 0.05) is 41.8 Å². The van der Waals surface area contributed by atoms with Gasteiger partial charge in [-0.3, -0.25) is 9.69 Å². The summed E-state index contributed by atoms with van der Waals surface area (Å²) >= 11 is 6.56. The number of nitrogens with two attached hydrogens (primary N) is 1. The third-order valence-corrected chi connectivity index (χ3v) is 5.83. The fourth-order valence-corrected chi connectivity index (χ4v) is 4.51. The zero-order valence-corrected chi connectivity index (χ0v) is 16.0. The van der Waals surface area contributed by atoms with Gasteiger partial charge in [0.1, 0.15) is 0 Å². The van der Waals surface area contributed by atoms with E-state index in [9.17, 15) is 4.79 Å². The monoisotopic (exact) mass is 367 g/mol. The molecule has 1 aliphatic heterocycles. The Balaban J connectivity index is 1.56. The molecule has 3 aliphatic rings. The van der Waals surface area contributed by atoms with Gasteiger partial charge in [-0.1, -0.05) is 17.7 Å². The van der Waals surface area contributed by atoms with E-state index in [1.165, 1.54) is 0 Å². The Kier molecular flexibility index (Phi) is 6.21. The van der Waals surface area contributed by atoms with Gasteiger partial charge in [0.2, 0.25) is 5.91 Å². The Bertz CT molecular complexity index is 545. The van der Waals surface area contributed by atoms with E-state index in [2.05, 4.69) is 30.1 Å². The third kappa shape index (κ3) is 4.85. The zero-order chi connectivity index (χ0) is 18.0. The molecule has 3 unspecified atom stereocenters. The highest BCUT2D eigenvalue weighted by Crippen LogP contribution is 2.28. The van der Waals surface area contributed by atoms with Crippen LogP contribution in [0.4, 0.5) is 0 Å². The minimum absolute atomic E-state index is 0.0755. The minimum Gasteiger partial charge on any atom is -0.373 e.